The fourth-order valence-corrected chi connectivity index (χ4v) is 1.54. The van der Waals surface area contributed by atoms with Gasteiger partial charge in [0.05, 0.1) is 6.42 Å². The molecule has 17 heavy (non-hydrogen) atoms. The van der Waals surface area contributed by atoms with Gasteiger partial charge in [-0.25, -0.2) is 0 Å². The standard InChI is InChI=1S/C13H15F3O/c14-13(15,16)10-9-12(17)8-4-7-11-5-2-1-3-6-11/h1-3,5-6H,4,7-10H2. The molecule has 0 spiro atoms. The molecular formula is C13H15F3O. The summed E-state index contributed by atoms with van der Waals surface area (Å²) in [5, 5.41) is 0. The molecule has 1 aromatic rings. The second-order valence-electron chi connectivity index (χ2n) is 3.99. The van der Waals surface area contributed by atoms with Crippen molar-refractivity contribution >= 4 is 5.78 Å². The predicted molar refractivity (Wildman–Crippen MR) is 59.7 cm³/mol. The Morgan fingerprint density at radius 2 is 1.71 bits per heavy atom. The first kappa shape index (κ1) is 13.7. The Hall–Kier alpha value is -1.32. The minimum Gasteiger partial charge on any atom is -0.300 e. The lowest BCUT2D eigenvalue weighted by molar-refractivity contribution is -0.143. The molecule has 0 radical (unpaired) electrons. The Bertz CT molecular complexity index is 343. The Labute approximate surface area is 98.6 Å². The van der Waals surface area contributed by atoms with E-state index in [4.69, 9.17) is 0 Å². The van der Waals surface area contributed by atoms with Gasteiger partial charge in [0.1, 0.15) is 5.78 Å². The molecule has 94 valence electrons. The first-order chi connectivity index (χ1) is 7.97. The van der Waals surface area contributed by atoms with Crippen LogP contribution in [0.5, 0.6) is 0 Å². The largest absolute Gasteiger partial charge is 0.389 e. The average molecular weight is 244 g/mol. The van der Waals surface area contributed by atoms with Crippen molar-refractivity contribution in [3.8, 4) is 0 Å². The molecule has 0 aliphatic rings. The number of carbonyl (C=O) groups excluding carboxylic acids is 1. The number of aryl methyl sites for hydroxylation is 1. The van der Waals surface area contributed by atoms with Crippen LogP contribution in [0, 0.1) is 0 Å². The highest BCUT2D eigenvalue weighted by molar-refractivity contribution is 5.78. The highest BCUT2D eigenvalue weighted by Gasteiger charge is 2.27. The van der Waals surface area contributed by atoms with Crippen LogP contribution in [0.25, 0.3) is 0 Å². The van der Waals surface area contributed by atoms with Crippen LogP contribution in [0.4, 0.5) is 13.2 Å². The molecule has 1 rings (SSSR count). The van der Waals surface area contributed by atoms with Gasteiger partial charge in [-0.15, -0.1) is 0 Å². The van der Waals surface area contributed by atoms with Gasteiger partial charge in [-0.2, -0.15) is 13.2 Å². The lowest BCUT2D eigenvalue weighted by Gasteiger charge is -2.05. The van der Waals surface area contributed by atoms with Crippen molar-refractivity contribution in [3.63, 3.8) is 0 Å². The Kier molecular flexibility index (Phi) is 5.19. The van der Waals surface area contributed by atoms with Crippen molar-refractivity contribution in [3.05, 3.63) is 35.9 Å². The molecule has 4 heteroatoms. The van der Waals surface area contributed by atoms with Gasteiger partial charge in [0, 0.05) is 12.8 Å². The first-order valence-corrected chi connectivity index (χ1v) is 5.60. The summed E-state index contributed by atoms with van der Waals surface area (Å²) in [6.45, 7) is 0. The molecule has 0 atom stereocenters. The normalized spacial score (nSPS) is 11.5. The highest BCUT2D eigenvalue weighted by Crippen LogP contribution is 2.22. The van der Waals surface area contributed by atoms with Gasteiger partial charge in [0.2, 0.25) is 0 Å². The molecule has 0 N–H and O–H groups in total. The maximum Gasteiger partial charge on any atom is 0.389 e. The Balaban J connectivity index is 2.17. The summed E-state index contributed by atoms with van der Waals surface area (Å²) >= 11 is 0. The van der Waals surface area contributed by atoms with Gasteiger partial charge in [-0.05, 0) is 18.4 Å². The SMILES string of the molecule is O=C(CCCc1ccccc1)CCC(F)(F)F. The Morgan fingerprint density at radius 3 is 2.29 bits per heavy atom. The summed E-state index contributed by atoms with van der Waals surface area (Å²) < 4.78 is 35.6. The molecule has 1 nitrogen and oxygen atoms in total. The number of Topliss-reactive ketones (excluding diaryl/α,β-unsaturated/α-hetero) is 1. The minimum atomic E-state index is -4.23. The fourth-order valence-electron chi connectivity index (χ4n) is 1.54. The van der Waals surface area contributed by atoms with Crippen molar-refractivity contribution in [1.82, 2.24) is 0 Å². The first-order valence-electron chi connectivity index (χ1n) is 5.60. The molecule has 0 amide bonds. The van der Waals surface area contributed by atoms with Crippen LogP contribution in [-0.2, 0) is 11.2 Å². The van der Waals surface area contributed by atoms with Crippen molar-refractivity contribution in [2.75, 3.05) is 0 Å². The maximum atomic E-state index is 11.9. The van der Waals surface area contributed by atoms with Crippen LogP contribution in [-0.4, -0.2) is 12.0 Å². The number of carbonyl (C=O) groups is 1. The summed E-state index contributed by atoms with van der Waals surface area (Å²) in [4.78, 5) is 11.2. The number of halogens is 3. The quantitative estimate of drug-likeness (QED) is 0.741. The topological polar surface area (TPSA) is 17.1 Å². The number of hydrogen-bond acceptors (Lipinski definition) is 1. The van der Waals surface area contributed by atoms with Gasteiger partial charge >= 0.3 is 6.18 Å². The number of ketones is 1. The van der Waals surface area contributed by atoms with Crippen LogP contribution >= 0.6 is 0 Å². The van der Waals surface area contributed by atoms with Crippen LogP contribution in [0.1, 0.15) is 31.2 Å². The van der Waals surface area contributed by atoms with Crippen LogP contribution < -0.4 is 0 Å². The van der Waals surface area contributed by atoms with E-state index in [0.717, 1.165) is 12.0 Å². The van der Waals surface area contributed by atoms with Gasteiger partial charge < -0.3 is 0 Å². The van der Waals surface area contributed by atoms with Gasteiger partial charge in [0.25, 0.3) is 0 Å². The lowest BCUT2D eigenvalue weighted by atomic mass is 10.0. The van der Waals surface area contributed by atoms with Gasteiger partial charge in [0.15, 0.2) is 0 Å². The highest BCUT2D eigenvalue weighted by atomic mass is 19.4. The summed E-state index contributed by atoms with van der Waals surface area (Å²) in [6, 6.07) is 9.60. The van der Waals surface area contributed by atoms with Crippen molar-refractivity contribution < 1.29 is 18.0 Å². The van der Waals surface area contributed by atoms with Crippen molar-refractivity contribution in [2.24, 2.45) is 0 Å². The molecule has 0 heterocycles. The summed E-state index contributed by atoms with van der Waals surface area (Å²) in [5.41, 5.74) is 1.11. The number of rotatable bonds is 6. The van der Waals surface area contributed by atoms with Crippen LogP contribution in [0.3, 0.4) is 0 Å². The molecule has 1 aromatic carbocycles. The van der Waals surface area contributed by atoms with Crippen LogP contribution in [0.2, 0.25) is 0 Å². The number of benzene rings is 1. The molecule has 0 bridgehead atoms. The molecule has 0 unspecified atom stereocenters. The van der Waals surface area contributed by atoms with Crippen molar-refractivity contribution in [2.45, 2.75) is 38.3 Å². The zero-order valence-electron chi connectivity index (χ0n) is 9.46. The van der Waals surface area contributed by atoms with E-state index < -0.39 is 19.0 Å². The predicted octanol–water partition coefficient (Wildman–Crippen LogP) is 3.92. The van der Waals surface area contributed by atoms with Crippen LogP contribution in [0.15, 0.2) is 30.3 Å². The zero-order chi connectivity index (χ0) is 12.7. The molecule has 0 saturated carbocycles. The third-order valence-electron chi connectivity index (χ3n) is 2.45. The summed E-state index contributed by atoms with van der Waals surface area (Å²) in [5.74, 6) is -0.307. The molecule has 0 saturated heterocycles. The number of hydrogen-bond donors (Lipinski definition) is 0. The molecule has 0 fully saturated rings. The van der Waals surface area contributed by atoms with E-state index in [2.05, 4.69) is 0 Å². The van der Waals surface area contributed by atoms with E-state index in [0.29, 0.717) is 6.42 Å². The third kappa shape index (κ3) is 6.76. The second-order valence-corrected chi connectivity index (χ2v) is 3.99. The fraction of sp³-hybridized carbons (Fsp3) is 0.462. The smallest absolute Gasteiger partial charge is 0.300 e. The van der Waals surface area contributed by atoms with E-state index in [1.54, 1.807) is 0 Å². The van der Waals surface area contributed by atoms with E-state index in [-0.39, 0.29) is 12.2 Å². The average Bonchev–Trinajstić information content (AvgIpc) is 2.27. The Morgan fingerprint density at radius 1 is 1.06 bits per heavy atom. The summed E-state index contributed by atoms with van der Waals surface area (Å²) in [7, 11) is 0. The monoisotopic (exact) mass is 244 g/mol. The molecule has 0 aromatic heterocycles. The lowest BCUT2D eigenvalue weighted by Crippen LogP contribution is -2.10. The van der Waals surface area contributed by atoms with Gasteiger partial charge in [-0.1, -0.05) is 30.3 Å². The van der Waals surface area contributed by atoms with E-state index in [1.165, 1.54) is 0 Å². The molecule has 0 aliphatic carbocycles. The zero-order valence-corrected chi connectivity index (χ0v) is 9.46. The molecule has 0 aliphatic heterocycles. The second kappa shape index (κ2) is 6.42. The van der Waals surface area contributed by atoms with E-state index >= 15 is 0 Å². The van der Waals surface area contributed by atoms with Crippen molar-refractivity contribution in [1.29, 1.82) is 0 Å². The summed E-state index contributed by atoms with van der Waals surface area (Å²) in [6.07, 6.45) is -4.05. The van der Waals surface area contributed by atoms with E-state index in [9.17, 15) is 18.0 Å². The molecular weight excluding hydrogens is 229 g/mol. The van der Waals surface area contributed by atoms with E-state index in [1.807, 2.05) is 30.3 Å². The number of alkyl halides is 3. The maximum absolute atomic E-state index is 11.9. The third-order valence-corrected chi connectivity index (χ3v) is 2.45. The van der Waals surface area contributed by atoms with Gasteiger partial charge in [-0.3, -0.25) is 4.79 Å². The minimum absolute atomic E-state index is 0.227.